The molecule has 0 saturated heterocycles. The van der Waals surface area contributed by atoms with Crippen LogP contribution in [-0.2, 0) is 0 Å². The molecule has 1 amide bonds. The Bertz CT molecular complexity index is 1150. The second-order valence-electron chi connectivity index (χ2n) is 7.00. The number of benzene rings is 1. The fourth-order valence-electron chi connectivity index (χ4n) is 3.78. The average molecular weight is 536 g/mol. The van der Waals surface area contributed by atoms with E-state index in [1.807, 2.05) is 6.07 Å². The molecular weight excluding hydrogens is 516 g/mol. The van der Waals surface area contributed by atoms with E-state index in [1.54, 1.807) is 24.5 Å². The van der Waals surface area contributed by atoms with Gasteiger partial charge in [-0.3, -0.25) is 0 Å². The van der Waals surface area contributed by atoms with Crippen LogP contribution >= 0.6 is 0 Å². The molecule has 162 valence electrons. The van der Waals surface area contributed by atoms with Gasteiger partial charge < -0.3 is 0 Å². The first-order chi connectivity index (χ1) is 15.2. The maximum atomic E-state index is 14.3. The number of amides is 1. The van der Waals surface area contributed by atoms with Gasteiger partial charge in [0.15, 0.2) is 0 Å². The number of anilines is 2. The fourth-order valence-corrected chi connectivity index (χ4v) is 6.06. The van der Waals surface area contributed by atoms with E-state index in [-0.39, 0.29) is 15.6 Å². The van der Waals surface area contributed by atoms with Crippen molar-refractivity contribution in [1.29, 1.82) is 0 Å². The number of aromatic nitrogens is 2. The summed E-state index contributed by atoms with van der Waals surface area (Å²) < 4.78 is 29.2. The van der Waals surface area contributed by atoms with Gasteiger partial charge in [0.2, 0.25) is 0 Å². The minimum absolute atomic E-state index is 0.0811. The number of rotatable bonds is 3. The Hall–Kier alpha value is -2.86. The number of para-hydroxylation sites is 1. The summed E-state index contributed by atoms with van der Waals surface area (Å²) in [6.45, 7) is 1.80. The molecule has 31 heavy (non-hydrogen) atoms. The van der Waals surface area contributed by atoms with Crippen LogP contribution in [0.5, 0.6) is 11.5 Å². The van der Waals surface area contributed by atoms with Crippen LogP contribution in [0.25, 0.3) is 11.3 Å². The van der Waals surface area contributed by atoms with E-state index in [0.717, 1.165) is 17.8 Å². The molecule has 2 aromatic heterocycles. The third kappa shape index (κ3) is 3.59. The summed E-state index contributed by atoms with van der Waals surface area (Å²) in [5.41, 5.74) is 3.86. The van der Waals surface area contributed by atoms with Crippen molar-refractivity contribution >= 4 is 17.3 Å². The zero-order chi connectivity index (χ0) is 21.4. The first-order valence-corrected chi connectivity index (χ1v) is 12.1. The van der Waals surface area contributed by atoms with Gasteiger partial charge in [0.25, 0.3) is 0 Å². The van der Waals surface area contributed by atoms with E-state index < -0.39 is 27.3 Å². The number of aromatic amines is 1. The Labute approximate surface area is 188 Å². The molecule has 0 aliphatic carbocycles. The summed E-state index contributed by atoms with van der Waals surface area (Å²) in [5, 5.41) is 6.26. The van der Waals surface area contributed by atoms with Crippen molar-refractivity contribution < 1.29 is 40.1 Å². The summed E-state index contributed by atoms with van der Waals surface area (Å²) in [6, 6.07) is 6.48. The molecule has 4 heterocycles. The molecule has 2 bridgehead atoms. The number of nitrogens with zero attached hydrogens (tertiary/aromatic N) is 1. The quantitative estimate of drug-likeness (QED) is 0.209. The molecule has 10 heteroatoms. The van der Waals surface area contributed by atoms with Crippen LogP contribution in [0.2, 0.25) is 0 Å². The number of hydrogen-bond acceptors (Lipinski definition) is 6. The molecule has 1 aromatic carbocycles. The van der Waals surface area contributed by atoms with E-state index in [1.165, 1.54) is 13.2 Å². The zero-order valence-corrected chi connectivity index (χ0v) is 18.7. The molecule has 2 aliphatic heterocycles. The Morgan fingerprint density at radius 2 is 2.26 bits per heavy atom. The number of hydrogen-bond donors (Lipinski definition) is 4. The van der Waals surface area contributed by atoms with Crippen molar-refractivity contribution in [3.8, 4) is 22.8 Å². The summed E-state index contributed by atoms with van der Waals surface area (Å²) in [7, 11) is 1.41. The molecule has 8 nitrogen and oxygen atoms in total. The van der Waals surface area contributed by atoms with Gasteiger partial charge >= 0.3 is 189 Å². The van der Waals surface area contributed by atoms with Crippen molar-refractivity contribution in [3.63, 3.8) is 0 Å². The van der Waals surface area contributed by atoms with Gasteiger partial charge in [-0.15, -0.1) is 0 Å². The Kier molecular flexibility index (Phi) is 5.40. The number of halogens is 2. The molecule has 0 spiro atoms. The summed E-state index contributed by atoms with van der Waals surface area (Å²) in [6.07, 6.45) is 3.34. The van der Waals surface area contributed by atoms with Crippen molar-refractivity contribution in [1.82, 2.24) is 18.8 Å². The number of alkyl halides is 1. The van der Waals surface area contributed by atoms with Crippen molar-refractivity contribution in [2.75, 3.05) is 32.1 Å². The standard InChI is InChI=1S/C21H20FIN5O3/c1-30-20-12(22)3-2-4-14(20)27-19-16-18-13(9-25-21(16)29)23-26-7-8-31-15-10-24-6-5-11(15)17(19)28-18/h2-6,10,13,26-28H,7-9H2,1H3,(H,25,29)/q-1/t13-/m1/s1. The molecule has 0 unspecified atom stereocenters. The Balaban J connectivity index is 1.74. The van der Waals surface area contributed by atoms with Gasteiger partial charge in [-0.2, -0.15) is 0 Å². The normalized spacial score (nSPS) is 17.9. The average Bonchev–Trinajstić information content (AvgIpc) is 3.13. The molecular formula is C21H20FIN5O3-. The topological polar surface area (TPSA) is 100 Å². The van der Waals surface area contributed by atoms with Gasteiger partial charge in [-0.25, -0.2) is 0 Å². The number of nitrogens with one attached hydrogen (secondary N) is 4. The predicted octanol–water partition coefficient (Wildman–Crippen LogP) is -0.261. The molecule has 4 N–H and O–H groups in total. The number of fused-ring (bicyclic) bond motifs is 3. The van der Waals surface area contributed by atoms with E-state index in [0.29, 0.717) is 41.5 Å². The summed E-state index contributed by atoms with van der Waals surface area (Å²) in [4.78, 5) is 20.6. The molecule has 1 atom stereocenters. The number of pyridine rings is 1. The number of carbonyl (C=O) groups is 1. The molecule has 0 radical (unpaired) electrons. The Morgan fingerprint density at radius 3 is 3.13 bits per heavy atom. The van der Waals surface area contributed by atoms with Crippen LogP contribution in [0.15, 0.2) is 36.7 Å². The Morgan fingerprint density at radius 1 is 1.35 bits per heavy atom. The van der Waals surface area contributed by atoms with Gasteiger partial charge in [0.05, 0.1) is 0 Å². The van der Waals surface area contributed by atoms with Gasteiger partial charge in [0, 0.05) is 0 Å². The van der Waals surface area contributed by atoms with Crippen LogP contribution in [0.3, 0.4) is 0 Å². The van der Waals surface area contributed by atoms with Crippen LogP contribution in [-0.4, -0.2) is 42.7 Å². The number of methoxy groups -OCH3 is 1. The van der Waals surface area contributed by atoms with Crippen molar-refractivity contribution in [2.45, 2.75) is 3.92 Å². The number of carbonyl (C=O) groups excluding carboxylic acids is 1. The second kappa shape index (κ2) is 8.35. The van der Waals surface area contributed by atoms with Crippen molar-refractivity contribution in [3.05, 3.63) is 53.7 Å². The molecule has 5 rings (SSSR count). The number of H-pyrrole nitrogens is 1. The van der Waals surface area contributed by atoms with Crippen molar-refractivity contribution in [2.24, 2.45) is 0 Å². The molecule has 3 aromatic rings. The summed E-state index contributed by atoms with van der Waals surface area (Å²) >= 11 is -0.445. The van der Waals surface area contributed by atoms with Crippen LogP contribution in [0.1, 0.15) is 20.0 Å². The SMILES string of the molecule is COc1c(F)cccc1Nc1c2[nH]c3c1C(=O)NC[C@H]3[I-]NCCOc1cnccc1-2. The van der Waals surface area contributed by atoms with E-state index in [2.05, 4.69) is 24.1 Å². The monoisotopic (exact) mass is 536 g/mol. The predicted molar refractivity (Wildman–Crippen MR) is 109 cm³/mol. The van der Waals surface area contributed by atoms with E-state index in [9.17, 15) is 9.18 Å². The van der Waals surface area contributed by atoms with Gasteiger partial charge in [-0.05, 0) is 0 Å². The fraction of sp³-hybridized carbons (Fsp3) is 0.238. The maximum absolute atomic E-state index is 14.3. The first kappa shape index (κ1) is 20.1. The van der Waals surface area contributed by atoms with Crippen LogP contribution < -0.4 is 45.1 Å². The van der Waals surface area contributed by atoms with Crippen LogP contribution in [0.4, 0.5) is 15.8 Å². The second-order valence-corrected chi connectivity index (χ2v) is 9.89. The van der Waals surface area contributed by atoms with Crippen LogP contribution in [0, 0.1) is 5.82 Å². The first-order valence-electron chi connectivity index (χ1n) is 9.73. The summed E-state index contributed by atoms with van der Waals surface area (Å²) in [5.74, 6) is 0.0224. The molecule has 0 saturated carbocycles. The van der Waals surface area contributed by atoms with E-state index >= 15 is 0 Å². The van der Waals surface area contributed by atoms with Gasteiger partial charge in [-0.1, -0.05) is 0 Å². The minimum atomic E-state index is -0.488. The number of ether oxygens (including phenoxy) is 2. The molecule has 2 aliphatic rings. The third-order valence-electron chi connectivity index (χ3n) is 5.16. The van der Waals surface area contributed by atoms with E-state index in [4.69, 9.17) is 9.47 Å². The molecule has 0 fully saturated rings. The third-order valence-corrected chi connectivity index (χ3v) is 7.95. The zero-order valence-electron chi connectivity index (χ0n) is 16.6. The van der Waals surface area contributed by atoms with Gasteiger partial charge in [0.1, 0.15) is 0 Å².